The maximum absolute atomic E-state index is 9.87. The number of hydrogen-bond acceptors (Lipinski definition) is 2. The maximum Gasteiger partial charge on any atom is 0.119 e. The van der Waals surface area contributed by atoms with Crippen molar-refractivity contribution in [1.29, 1.82) is 0 Å². The van der Waals surface area contributed by atoms with Crippen molar-refractivity contribution >= 4 is 0 Å². The smallest absolute Gasteiger partial charge is 0.119 e. The van der Waals surface area contributed by atoms with E-state index in [4.69, 9.17) is 0 Å². The molecule has 0 aliphatic carbocycles. The minimum Gasteiger partial charge on any atom is -0.508 e. The summed E-state index contributed by atoms with van der Waals surface area (Å²) in [5.41, 5.74) is 5.93. The topological polar surface area (TPSA) is 40.5 Å². The largest absolute Gasteiger partial charge is 0.508 e. The lowest BCUT2D eigenvalue weighted by molar-refractivity contribution is 0.469. The van der Waals surface area contributed by atoms with E-state index in [2.05, 4.69) is 0 Å². The summed E-state index contributed by atoms with van der Waals surface area (Å²) in [6.45, 7) is 7.84. The van der Waals surface area contributed by atoms with Crippen LogP contribution < -0.4 is 0 Å². The van der Waals surface area contributed by atoms with E-state index in [9.17, 15) is 10.2 Å². The molecule has 0 unspecified atom stereocenters. The van der Waals surface area contributed by atoms with E-state index in [1.165, 1.54) is 0 Å². The normalized spacial score (nSPS) is 10.7. The Hall–Kier alpha value is -1.96. The maximum atomic E-state index is 9.87. The second-order valence-corrected chi connectivity index (χ2v) is 4.80. The van der Waals surface area contributed by atoms with Crippen molar-refractivity contribution in [2.45, 2.75) is 27.7 Å². The van der Waals surface area contributed by atoms with Crippen molar-refractivity contribution in [2.75, 3.05) is 0 Å². The Bertz CT molecular complexity index is 557. The van der Waals surface area contributed by atoms with Crippen LogP contribution in [0.15, 0.2) is 24.3 Å². The standard InChI is InChI=1S/C16H18O2/c1-9-5-7-13(17)11(3)15(9)16-10(2)6-8-14(18)12(16)4/h5-8,17-18H,1-4H3. The van der Waals surface area contributed by atoms with Gasteiger partial charge in [-0.2, -0.15) is 0 Å². The molecule has 18 heavy (non-hydrogen) atoms. The van der Waals surface area contributed by atoms with E-state index in [-0.39, 0.29) is 11.5 Å². The van der Waals surface area contributed by atoms with Crippen molar-refractivity contribution in [2.24, 2.45) is 0 Å². The lowest BCUT2D eigenvalue weighted by Gasteiger charge is -2.17. The number of benzene rings is 2. The first-order chi connectivity index (χ1) is 8.43. The SMILES string of the molecule is Cc1ccc(O)c(C)c1-c1c(C)ccc(O)c1C. The van der Waals surface area contributed by atoms with E-state index in [0.717, 1.165) is 33.4 Å². The number of phenolic OH excluding ortho intramolecular Hbond substituents is 2. The Balaban J connectivity index is 2.85. The monoisotopic (exact) mass is 242 g/mol. The van der Waals surface area contributed by atoms with Gasteiger partial charge in [-0.25, -0.2) is 0 Å². The van der Waals surface area contributed by atoms with Crippen molar-refractivity contribution in [1.82, 2.24) is 0 Å². The second-order valence-electron chi connectivity index (χ2n) is 4.80. The Morgan fingerprint density at radius 2 is 0.944 bits per heavy atom. The summed E-state index contributed by atoms with van der Waals surface area (Å²) < 4.78 is 0. The summed E-state index contributed by atoms with van der Waals surface area (Å²) in [6.07, 6.45) is 0. The number of hydrogen-bond donors (Lipinski definition) is 2. The summed E-state index contributed by atoms with van der Waals surface area (Å²) in [6, 6.07) is 7.23. The zero-order chi connectivity index (χ0) is 13.4. The van der Waals surface area contributed by atoms with Gasteiger partial charge in [-0.1, -0.05) is 12.1 Å². The van der Waals surface area contributed by atoms with Crippen LogP contribution in [0.25, 0.3) is 11.1 Å². The van der Waals surface area contributed by atoms with Crippen molar-refractivity contribution in [3.05, 3.63) is 46.5 Å². The van der Waals surface area contributed by atoms with Crippen LogP contribution in [-0.4, -0.2) is 10.2 Å². The summed E-state index contributed by atoms with van der Waals surface area (Å²) in [5.74, 6) is 0.579. The van der Waals surface area contributed by atoms with Gasteiger partial charge in [0.05, 0.1) is 0 Å². The third-order valence-electron chi connectivity index (χ3n) is 3.54. The van der Waals surface area contributed by atoms with Crippen molar-refractivity contribution in [3.8, 4) is 22.6 Å². The van der Waals surface area contributed by atoms with Crippen LogP contribution in [0.3, 0.4) is 0 Å². The van der Waals surface area contributed by atoms with E-state index < -0.39 is 0 Å². The molecular weight excluding hydrogens is 224 g/mol. The predicted octanol–water partition coefficient (Wildman–Crippen LogP) is 4.00. The first kappa shape index (κ1) is 12.5. The fourth-order valence-electron chi connectivity index (χ4n) is 2.44. The van der Waals surface area contributed by atoms with Crippen LogP contribution in [0, 0.1) is 27.7 Å². The van der Waals surface area contributed by atoms with Gasteiger partial charge in [-0.3, -0.25) is 0 Å². The first-order valence-electron chi connectivity index (χ1n) is 6.02. The van der Waals surface area contributed by atoms with Gasteiger partial charge in [-0.15, -0.1) is 0 Å². The zero-order valence-corrected chi connectivity index (χ0v) is 11.2. The molecule has 2 aromatic carbocycles. The number of aryl methyl sites for hydroxylation is 2. The number of aromatic hydroxyl groups is 2. The van der Waals surface area contributed by atoms with E-state index in [1.807, 2.05) is 39.8 Å². The molecule has 0 saturated heterocycles. The molecule has 0 aromatic heterocycles. The van der Waals surface area contributed by atoms with E-state index >= 15 is 0 Å². The second kappa shape index (κ2) is 4.37. The molecule has 0 spiro atoms. The molecule has 2 rings (SSSR count). The van der Waals surface area contributed by atoms with Crippen LogP contribution in [0.4, 0.5) is 0 Å². The fraction of sp³-hybridized carbons (Fsp3) is 0.250. The van der Waals surface area contributed by atoms with Gasteiger partial charge in [0.2, 0.25) is 0 Å². The third kappa shape index (κ3) is 1.84. The fourth-order valence-corrected chi connectivity index (χ4v) is 2.44. The Kier molecular flexibility index (Phi) is 3.04. The highest BCUT2D eigenvalue weighted by Crippen LogP contribution is 2.38. The van der Waals surface area contributed by atoms with Gasteiger partial charge in [0.15, 0.2) is 0 Å². The molecule has 0 fully saturated rings. The third-order valence-corrected chi connectivity index (χ3v) is 3.54. The molecule has 2 heteroatoms. The van der Waals surface area contributed by atoms with E-state index in [0.29, 0.717) is 0 Å². The molecule has 0 amide bonds. The first-order valence-corrected chi connectivity index (χ1v) is 6.02. The van der Waals surface area contributed by atoms with Gasteiger partial charge in [-0.05, 0) is 73.2 Å². The highest BCUT2D eigenvalue weighted by Gasteiger charge is 2.15. The van der Waals surface area contributed by atoms with Crippen LogP contribution in [-0.2, 0) is 0 Å². The molecular formula is C16H18O2. The van der Waals surface area contributed by atoms with Crippen LogP contribution in [0.1, 0.15) is 22.3 Å². The van der Waals surface area contributed by atoms with Gasteiger partial charge in [0.25, 0.3) is 0 Å². The van der Waals surface area contributed by atoms with Gasteiger partial charge < -0.3 is 10.2 Å². The minimum absolute atomic E-state index is 0.290. The molecule has 0 saturated carbocycles. The lowest BCUT2D eigenvalue weighted by atomic mass is 9.89. The van der Waals surface area contributed by atoms with Crippen LogP contribution >= 0.6 is 0 Å². The average molecular weight is 242 g/mol. The molecule has 0 bridgehead atoms. The Morgan fingerprint density at radius 3 is 1.28 bits per heavy atom. The molecule has 0 radical (unpaired) electrons. The average Bonchev–Trinajstić information content (AvgIpc) is 2.33. The quantitative estimate of drug-likeness (QED) is 0.793. The highest BCUT2D eigenvalue weighted by molar-refractivity contribution is 5.79. The molecule has 2 N–H and O–H groups in total. The summed E-state index contributed by atoms with van der Waals surface area (Å²) in [4.78, 5) is 0. The molecule has 0 heterocycles. The molecule has 0 aliphatic heterocycles. The zero-order valence-electron chi connectivity index (χ0n) is 11.2. The predicted molar refractivity (Wildman–Crippen MR) is 74.2 cm³/mol. The summed E-state index contributed by atoms with van der Waals surface area (Å²) in [5, 5.41) is 19.7. The lowest BCUT2D eigenvalue weighted by Crippen LogP contribution is -1.94. The van der Waals surface area contributed by atoms with Crippen molar-refractivity contribution < 1.29 is 10.2 Å². The number of phenols is 2. The number of rotatable bonds is 1. The highest BCUT2D eigenvalue weighted by atomic mass is 16.3. The molecule has 0 atom stereocenters. The minimum atomic E-state index is 0.290. The van der Waals surface area contributed by atoms with Gasteiger partial charge >= 0.3 is 0 Å². The molecule has 0 aliphatic rings. The van der Waals surface area contributed by atoms with Gasteiger partial charge in [0, 0.05) is 0 Å². The van der Waals surface area contributed by atoms with E-state index in [1.54, 1.807) is 12.1 Å². The van der Waals surface area contributed by atoms with Crippen molar-refractivity contribution in [3.63, 3.8) is 0 Å². The molecule has 94 valence electrons. The van der Waals surface area contributed by atoms with Crippen LogP contribution in [0.2, 0.25) is 0 Å². The van der Waals surface area contributed by atoms with Gasteiger partial charge in [0.1, 0.15) is 11.5 Å². The molecule has 2 aromatic rings. The Morgan fingerprint density at radius 1 is 0.611 bits per heavy atom. The molecule has 2 nitrogen and oxygen atoms in total. The van der Waals surface area contributed by atoms with Crippen LogP contribution in [0.5, 0.6) is 11.5 Å². The summed E-state index contributed by atoms with van der Waals surface area (Å²) in [7, 11) is 0. The Labute approximate surface area is 108 Å². The summed E-state index contributed by atoms with van der Waals surface area (Å²) >= 11 is 0.